The van der Waals surface area contributed by atoms with Gasteiger partial charge < -0.3 is 14.4 Å². The molecule has 0 saturated heterocycles. The number of aliphatic carboxylic acids is 1. The molecule has 0 atom stereocenters. The second-order valence-corrected chi connectivity index (χ2v) is 7.02. The smallest absolute Gasteiger partial charge is 0.323 e. The van der Waals surface area contributed by atoms with Crippen molar-refractivity contribution < 1.29 is 14.6 Å². The van der Waals surface area contributed by atoms with E-state index >= 15 is 0 Å². The molecule has 3 rings (SSSR count). The van der Waals surface area contributed by atoms with E-state index in [9.17, 15) is 9.90 Å². The number of carbonyl (C=O) groups is 1. The molecule has 0 aliphatic rings. The highest BCUT2D eigenvalue weighted by molar-refractivity contribution is 7.99. The molecule has 3 aromatic rings. The molecule has 0 amide bonds. The summed E-state index contributed by atoms with van der Waals surface area (Å²) < 4.78 is 7.39. The normalized spacial score (nSPS) is 11.0. The van der Waals surface area contributed by atoms with Gasteiger partial charge >= 0.3 is 5.97 Å². The molecule has 25 heavy (non-hydrogen) atoms. The Hall–Kier alpha value is -2.18. The minimum absolute atomic E-state index is 0.111. The summed E-state index contributed by atoms with van der Waals surface area (Å²) in [6, 6.07) is 13.0. The summed E-state index contributed by atoms with van der Waals surface area (Å²) in [5, 5.41) is 10.5. The van der Waals surface area contributed by atoms with Gasteiger partial charge in [-0.05, 0) is 48.9 Å². The van der Waals surface area contributed by atoms with Crippen molar-refractivity contribution in [2.45, 2.75) is 18.6 Å². The summed E-state index contributed by atoms with van der Waals surface area (Å²) in [4.78, 5) is 15.8. The van der Waals surface area contributed by atoms with Gasteiger partial charge in [-0.1, -0.05) is 29.4 Å². The van der Waals surface area contributed by atoms with E-state index in [1.54, 1.807) is 16.7 Å². The predicted molar refractivity (Wildman–Crippen MR) is 99.8 cm³/mol. The number of carboxylic acid groups (broad SMARTS) is 1. The number of imidazole rings is 1. The van der Waals surface area contributed by atoms with Gasteiger partial charge in [-0.2, -0.15) is 0 Å². The van der Waals surface area contributed by atoms with Crippen LogP contribution in [0, 0.1) is 6.92 Å². The van der Waals surface area contributed by atoms with Crippen molar-refractivity contribution in [3.8, 4) is 5.75 Å². The van der Waals surface area contributed by atoms with Crippen molar-refractivity contribution in [1.29, 1.82) is 0 Å². The van der Waals surface area contributed by atoms with Crippen molar-refractivity contribution >= 4 is 40.4 Å². The lowest BCUT2D eigenvalue weighted by Crippen LogP contribution is -2.10. The Morgan fingerprint density at radius 2 is 2.04 bits per heavy atom. The molecule has 2 aromatic carbocycles. The quantitative estimate of drug-likeness (QED) is 0.493. The van der Waals surface area contributed by atoms with Gasteiger partial charge in [-0.25, -0.2) is 4.98 Å². The van der Waals surface area contributed by atoms with Crippen molar-refractivity contribution in [2.24, 2.45) is 0 Å². The van der Waals surface area contributed by atoms with Gasteiger partial charge in [0.1, 0.15) is 12.3 Å². The van der Waals surface area contributed by atoms with Gasteiger partial charge in [0.15, 0.2) is 5.16 Å². The molecule has 0 aliphatic carbocycles. The number of carboxylic acids is 1. The maximum atomic E-state index is 11.2. The molecule has 0 bridgehead atoms. The third-order valence-electron chi connectivity index (χ3n) is 3.56. The summed E-state index contributed by atoms with van der Waals surface area (Å²) in [6.45, 7) is 2.37. The Labute approximate surface area is 154 Å². The monoisotopic (exact) mass is 376 g/mol. The zero-order chi connectivity index (χ0) is 17.8. The van der Waals surface area contributed by atoms with Crippen LogP contribution < -0.4 is 4.74 Å². The third kappa shape index (κ3) is 4.46. The van der Waals surface area contributed by atoms with Crippen LogP contribution in [0.1, 0.15) is 5.56 Å². The first-order valence-electron chi connectivity index (χ1n) is 7.73. The van der Waals surface area contributed by atoms with Crippen LogP contribution in [0.5, 0.6) is 5.75 Å². The number of fused-ring (bicyclic) bond motifs is 1. The minimum atomic E-state index is -0.890. The van der Waals surface area contributed by atoms with Crippen LogP contribution in [0.2, 0.25) is 5.02 Å². The molecule has 1 N–H and O–H groups in total. The first-order valence-corrected chi connectivity index (χ1v) is 9.09. The molecule has 0 spiro atoms. The number of hydrogen-bond donors (Lipinski definition) is 1. The minimum Gasteiger partial charge on any atom is -0.493 e. The number of aromatic nitrogens is 2. The number of hydrogen-bond acceptors (Lipinski definition) is 4. The van der Waals surface area contributed by atoms with E-state index in [-0.39, 0.29) is 6.54 Å². The summed E-state index contributed by atoms with van der Waals surface area (Å²) in [5.41, 5.74) is 2.73. The van der Waals surface area contributed by atoms with E-state index in [1.165, 1.54) is 11.8 Å². The first kappa shape index (κ1) is 17.6. The summed E-state index contributed by atoms with van der Waals surface area (Å²) >= 11 is 7.32. The van der Waals surface area contributed by atoms with Crippen LogP contribution in [-0.4, -0.2) is 33.0 Å². The van der Waals surface area contributed by atoms with E-state index in [1.807, 2.05) is 37.3 Å². The SMILES string of the molecule is Cc1ccc2c(c1)nc(SCCOc1ccc(Cl)cc1)n2CC(=O)O. The Bertz CT molecular complexity index is 893. The molecule has 1 heterocycles. The summed E-state index contributed by atoms with van der Waals surface area (Å²) in [5.74, 6) is 0.517. The van der Waals surface area contributed by atoms with Crippen LogP contribution in [0.15, 0.2) is 47.6 Å². The molecule has 7 heteroatoms. The zero-order valence-corrected chi connectivity index (χ0v) is 15.2. The molecule has 0 radical (unpaired) electrons. The number of halogens is 1. The molecule has 0 aliphatic heterocycles. The van der Waals surface area contributed by atoms with E-state index in [0.717, 1.165) is 22.3 Å². The number of ether oxygens (including phenoxy) is 1. The molecular formula is C18H17ClN2O3S. The lowest BCUT2D eigenvalue weighted by atomic mass is 10.2. The molecule has 0 unspecified atom stereocenters. The molecule has 0 saturated carbocycles. The van der Waals surface area contributed by atoms with Gasteiger partial charge in [-0.3, -0.25) is 4.79 Å². The van der Waals surface area contributed by atoms with Crippen molar-refractivity contribution in [3.05, 3.63) is 53.1 Å². The average molecular weight is 377 g/mol. The maximum Gasteiger partial charge on any atom is 0.323 e. The van der Waals surface area contributed by atoms with Crippen LogP contribution in [0.3, 0.4) is 0 Å². The van der Waals surface area contributed by atoms with Crippen molar-refractivity contribution in [1.82, 2.24) is 9.55 Å². The fraction of sp³-hybridized carbons (Fsp3) is 0.222. The highest BCUT2D eigenvalue weighted by Crippen LogP contribution is 2.25. The van der Waals surface area contributed by atoms with E-state index in [0.29, 0.717) is 22.5 Å². The van der Waals surface area contributed by atoms with Crippen LogP contribution in [0.4, 0.5) is 0 Å². The Kier molecular flexibility index (Phi) is 5.50. The van der Waals surface area contributed by atoms with E-state index < -0.39 is 5.97 Å². The second kappa shape index (κ2) is 7.80. The number of nitrogens with zero attached hydrogens (tertiary/aromatic N) is 2. The number of rotatable bonds is 7. The fourth-order valence-corrected chi connectivity index (χ4v) is 3.40. The van der Waals surface area contributed by atoms with Gasteiger partial charge in [-0.15, -0.1) is 0 Å². The van der Waals surface area contributed by atoms with Gasteiger partial charge in [0, 0.05) is 10.8 Å². The number of benzene rings is 2. The largest absolute Gasteiger partial charge is 0.493 e. The lowest BCUT2D eigenvalue weighted by molar-refractivity contribution is -0.137. The summed E-state index contributed by atoms with van der Waals surface area (Å²) in [6.07, 6.45) is 0. The number of aryl methyl sites for hydroxylation is 1. The van der Waals surface area contributed by atoms with Crippen LogP contribution in [-0.2, 0) is 11.3 Å². The topological polar surface area (TPSA) is 64.4 Å². The van der Waals surface area contributed by atoms with E-state index in [4.69, 9.17) is 16.3 Å². The Morgan fingerprint density at radius 1 is 1.28 bits per heavy atom. The van der Waals surface area contributed by atoms with Gasteiger partial charge in [0.05, 0.1) is 17.6 Å². The molecule has 1 aromatic heterocycles. The first-order chi connectivity index (χ1) is 12.0. The molecule has 130 valence electrons. The Balaban J connectivity index is 1.69. The highest BCUT2D eigenvalue weighted by Gasteiger charge is 2.13. The van der Waals surface area contributed by atoms with Crippen LogP contribution in [0.25, 0.3) is 11.0 Å². The molecule has 0 fully saturated rings. The standard InChI is InChI=1S/C18H17ClN2O3S/c1-12-2-7-16-15(10-12)20-18(21(16)11-17(22)23)25-9-8-24-14-5-3-13(19)4-6-14/h2-7,10H,8-9,11H2,1H3,(H,22,23). The van der Waals surface area contributed by atoms with Crippen molar-refractivity contribution in [2.75, 3.05) is 12.4 Å². The number of thioether (sulfide) groups is 1. The maximum absolute atomic E-state index is 11.2. The Morgan fingerprint density at radius 3 is 2.76 bits per heavy atom. The third-order valence-corrected chi connectivity index (χ3v) is 4.75. The van der Waals surface area contributed by atoms with Gasteiger partial charge in [0.2, 0.25) is 0 Å². The van der Waals surface area contributed by atoms with Crippen molar-refractivity contribution in [3.63, 3.8) is 0 Å². The second-order valence-electron chi connectivity index (χ2n) is 5.52. The highest BCUT2D eigenvalue weighted by atomic mass is 35.5. The fourth-order valence-electron chi connectivity index (χ4n) is 2.44. The average Bonchev–Trinajstić information content (AvgIpc) is 2.89. The van der Waals surface area contributed by atoms with Gasteiger partial charge in [0.25, 0.3) is 0 Å². The van der Waals surface area contributed by atoms with Crippen LogP contribution >= 0.6 is 23.4 Å². The zero-order valence-electron chi connectivity index (χ0n) is 13.6. The predicted octanol–water partition coefficient (Wildman–Crippen LogP) is 4.25. The molecule has 5 nitrogen and oxygen atoms in total. The lowest BCUT2D eigenvalue weighted by Gasteiger charge is -2.07. The van der Waals surface area contributed by atoms with E-state index in [2.05, 4.69) is 4.98 Å². The molecular weight excluding hydrogens is 360 g/mol. The summed E-state index contributed by atoms with van der Waals surface area (Å²) in [7, 11) is 0.